The lowest BCUT2D eigenvalue weighted by Gasteiger charge is -2.19. The number of hydrogen-bond acceptors (Lipinski definition) is 4. The summed E-state index contributed by atoms with van der Waals surface area (Å²) in [5.74, 6) is 0.950. The molecule has 1 aromatic carbocycles. The van der Waals surface area contributed by atoms with E-state index >= 15 is 0 Å². The fraction of sp³-hybridized carbons (Fsp3) is 0.308. The summed E-state index contributed by atoms with van der Waals surface area (Å²) in [5, 5.41) is 1.08. The van der Waals surface area contributed by atoms with Crippen molar-refractivity contribution in [1.29, 1.82) is 0 Å². The van der Waals surface area contributed by atoms with E-state index in [4.69, 9.17) is 5.73 Å². The number of anilines is 3. The van der Waals surface area contributed by atoms with Crippen LogP contribution in [0.15, 0.2) is 24.3 Å². The predicted octanol–water partition coefficient (Wildman–Crippen LogP) is 1.95. The second-order valence-electron chi connectivity index (χ2n) is 4.57. The van der Waals surface area contributed by atoms with E-state index in [-0.39, 0.29) is 0 Å². The van der Waals surface area contributed by atoms with Gasteiger partial charge in [0.05, 0.1) is 5.52 Å². The summed E-state index contributed by atoms with van der Waals surface area (Å²) in [6, 6.07) is 7.89. The van der Waals surface area contributed by atoms with Gasteiger partial charge in [0, 0.05) is 51.0 Å². The molecule has 0 spiro atoms. The fourth-order valence-corrected chi connectivity index (χ4v) is 1.81. The molecule has 0 saturated heterocycles. The summed E-state index contributed by atoms with van der Waals surface area (Å²) in [6.45, 7) is 0. The SMILES string of the molecule is CN(C)c1cc(N(C)C)c2cc(N)ccc2n1. The lowest BCUT2D eigenvalue weighted by Crippen LogP contribution is -2.14. The monoisotopic (exact) mass is 230 g/mol. The summed E-state index contributed by atoms with van der Waals surface area (Å²) < 4.78 is 0. The Kier molecular flexibility index (Phi) is 2.79. The van der Waals surface area contributed by atoms with Crippen molar-refractivity contribution in [1.82, 2.24) is 4.98 Å². The van der Waals surface area contributed by atoms with Crippen molar-refractivity contribution in [2.24, 2.45) is 0 Å². The van der Waals surface area contributed by atoms with E-state index in [1.807, 2.05) is 51.3 Å². The molecule has 0 radical (unpaired) electrons. The zero-order valence-corrected chi connectivity index (χ0v) is 10.7. The van der Waals surface area contributed by atoms with E-state index in [1.54, 1.807) is 0 Å². The Balaban J connectivity index is 2.76. The molecule has 4 heteroatoms. The molecule has 0 bridgehead atoms. The maximum Gasteiger partial charge on any atom is 0.130 e. The van der Waals surface area contributed by atoms with Crippen molar-refractivity contribution in [3.63, 3.8) is 0 Å². The second kappa shape index (κ2) is 4.13. The summed E-state index contributed by atoms with van der Waals surface area (Å²) in [5.41, 5.74) is 8.70. The van der Waals surface area contributed by atoms with Crippen LogP contribution in [0.25, 0.3) is 10.9 Å². The van der Waals surface area contributed by atoms with Crippen LogP contribution in [0.5, 0.6) is 0 Å². The quantitative estimate of drug-likeness (QED) is 0.801. The van der Waals surface area contributed by atoms with Gasteiger partial charge >= 0.3 is 0 Å². The maximum absolute atomic E-state index is 5.83. The number of fused-ring (bicyclic) bond motifs is 1. The topological polar surface area (TPSA) is 45.4 Å². The lowest BCUT2D eigenvalue weighted by molar-refractivity contribution is 1.07. The molecule has 0 unspecified atom stereocenters. The molecular weight excluding hydrogens is 212 g/mol. The molecule has 0 saturated carbocycles. The van der Waals surface area contributed by atoms with Crippen LogP contribution in [0.3, 0.4) is 0 Å². The van der Waals surface area contributed by atoms with Gasteiger partial charge in [-0.05, 0) is 18.2 Å². The van der Waals surface area contributed by atoms with E-state index in [9.17, 15) is 0 Å². The number of pyridine rings is 1. The van der Waals surface area contributed by atoms with Crippen LogP contribution >= 0.6 is 0 Å². The van der Waals surface area contributed by atoms with Gasteiger partial charge in [0.1, 0.15) is 5.82 Å². The highest BCUT2D eigenvalue weighted by atomic mass is 15.1. The molecule has 0 aliphatic rings. The van der Waals surface area contributed by atoms with Gasteiger partial charge in [-0.2, -0.15) is 0 Å². The van der Waals surface area contributed by atoms with Crippen molar-refractivity contribution < 1.29 is 0 Å². The highest BCUT2D eigenvalue weighted by Crippen LogP contribution is 2.29. The summed E-state index contributed by atoms with van der Waals surface area (Å²) in [7, 11) is 8.03. The number of hydrogen-bond donors (Lipinski definition) is 1. The Morgan fingerprint density at radius 3 is 2.29 bits per heavy atom. The van der Waals surface area contributed by atoms with Gasteiger partial charge < -0.3 is 15.5 Å². The first-order chi connectivity index (χ1) is 7.99. The predicted molar refractivity (Wildman–Crippen MR) is 74.8 cm³/mol. The Morgan fingerprint density at radius 2 is 1.71 bits per heavy atom. The van der Waals surface area contributed by atoms with Gasteiger partial charge in [-0.15, -0.1) is 0 Å². The molecule has 2 rings (SSSR count). The number of nitrogens with two attached hydrogens (primary N) is 1. The highest BCUT2D eigenvalue weighted by molar-refractivity contribution is 5.95. The average molecular weight is 230 g/mol. The second-order valence-corrected chi connectivity index (χ2v) is 4.57. The summed E-state index contributed by atoms with van der Waals surface area (Å²) in [4.78, 5) is 8.69. The third-order valence-corrected chi connectivity index (χ3v) is 2.74. The van der Waals surface area contributed by atoms with Crippen LogP contribution in [0, 0.1) is 0 Å². The largest absolute Gasteiger partial charge is 0.399 e. The van der Waals surface area contributed by atoms with E-state index in [1.165, 1.54) is 0 Å². The minimum atomic E-state index is 0.764. The normalized spacial score (nSPS) is 10.6. The molecule has 17 heavy (non-hydrogen) atoms. The Hall–Kier alpha value is -1.97. The molecule has 2 N–H and O–H groups in total. The number of aromatic nitrogens is 1. The van der Waals surface area contributed by atoms with Crippen LogP contribution in [0.1, 0.15) is 0 Å². The van der Waals surface area contributed by atoms with Gasteiger partial charge in [-0.25, -0.2) is 4.98 Å². The molecule has 1 aromatic heterocycles. The molecular formula is C13H18N4. The molecule has 0 amide bonds. The van der Waals surface area contributed by atoms with Crippen molar-refractivity contribution in [2.45, 2.75) is 0 Å². The van der Waals surface area contributed by atoms with Gasteiger partial charge in [-0.3, -0.25) is 0 Å². The third kappa shape index (κ3) is 2.11. The van der Waals surface area contributed by atoms with Gasteiger partial charge in [0.2, 0.25) is 0 Å². The molecule has 0 fully saturated rings. The summed E-state index contributed by atoms with van der Waals surface area (Å²) >= 11 is 0. The molecule has 1 heterocycles. The average Bonchev–Trinajstić information content (AvgIpc) is 2.27. The molecule has 90 valence electrons. The van der Waals surface area contributed by atoms with Gasteiger partial charge in [0.15, 0.2) is 0 Å². The molecule has 0 aliphatic heterocycles. The molecule has 0 atom stereocenters. The number of nitrogen functional groups attached to an aromatic ring is 1. The van der Waals surface area contributed by atoms with Crippen LogP contribution in [0.4, 0.5) is 17.2 Å². The van der Waals surface area contributed by atoms with E-state index in [0.29, 0.717) is 0 Å². The van der Waals surface area contributed by atoms with Crippen LogP contribution in [-0.4, -0.2) is 33.2 Å². The van der Waals surface area contributed by atoms with Gasteiger partial charge in [-0.1, -0.05) is 0 Å². The Morgan fingerprint density at radius 1 is 1.00 bits per heavy atom. The zero-order chi connectivity index (χ0) is 12.6. The first-order valence-corrected chi connectivity index (χ1v) is 5.54. The number of nitrogens with zero attached hydrogens (tertiary/aromatic N) is 3. The first kappa shape index (κ1) is 11.5. The van der Waals surface area contributed by atoms with Crippen LogP contribution < -0.4 is 15.5 Å². The minimum absolute atomic E-state index is 0.764. The maximum atomic E-state index is 5.83. The van der Waals surface area contributed by atoms with Gasteiger partial charge in [0.25, 0.3) is 0 Å². The number of rotatable bonds is 2. The standard InChI is InChI=1S/C13H18N4/c1-16(2)12-8-13(17(3)4)15-11-6-5-9(14)7-10(11)12/h5-8H,14H2,1-4H3. The molecule has 4 nitrogen and oxygen atoms in total. The zero-order valence-electron chi connectivity index (χ0n) is 10.7. The fourth-order valence-electron chi connectivity index (χ4n) is 1.81. The smallest absolute Gasteiger partial charge is 0.130 e. The molecule has 2 aromatic rings. The number of benzene rings is 1. The van der Waals surface area contributed by atoms with Crippen molar-refractivity contribution >= 4 is 28.1 Å². The Labute approximate surface area is 102 Å². The lowest BCUT2D eigenvalue weighted by atomic mass is 10.1. The summed E-state index contributed by atoms with van der Waals surface area (Å²) in [6.07, 6.45) is 0. The Bertz CT molecular complexity index is 546. The van der Waals surface area contributed by atoms with E-state index in [2.05, 4.69) is 16.0 Å². The van der Waals surface area contributed by atoms with Crippen LogP contribution in [0.2, 0.25) is 0 Å². The highest BCUT2D eigenvalue weighted by Gasteiger charge is 2.08. The molecule has 0 aliphatic carbocycles. The van der Waals surface area contributed by atoms with Crippen molar-refractivity contribution in [3.8, 4) is 0 Å². The first-order valence-electron chi connectivity index (χ1n) is 5.54. The van der Waals surface area contributed by atoms with Crippen molar-refractivity contribution in [3.05, 3.63) is 24.3 Å². The van der Waals surface area contributed by atoms with Crippen molar-refractivity contribution in [2.75, 3.05) is 43.7 Å². The third-order valence-electron chi connectivity index (χ3n) is 2.74. The minimum Gasteiger partial charge on any atom is -0.399 e. The van der Waals surface area contributed by atoms with E-state index in [0.717, 1.165) is 28.1 Å². The van der Waals surface area contributed by atoms with E-state index < -0.39 is 0 Å². The van der Waals surface area contributed by atoms with Crippen LogP contribution in [-0.2, 0) is 0 Å².